The van der Waals surface area contributed by atoms with Crippen LogP contribution < -0.4 is 4.74 Å². The third-order valence-electron chi connectivity index (χ3n) is 4.83. The van der Waals surface area contributed by atoms with Crippen molar-refractivity contribution in [2.45, 2.75) is 19.5 Å². The van der Waals surface area contributed by atoms with Crippen molar-refractivity contribution in [3.8, 4) is 17.1 Å². The fourth-order valence-electron chi connectivity index (χ4n) is 3.37. The lowest BCUT2D eigenvalue weighted by molar-refractivity contribution is -0.384. The number of hydrogen-bond donors (Lipinski definition) is 0. The number of nitro groups is 1. The van der Waals surface area contributed by atoms with Crippen LogP contribution in [0.15, 0.2) is 48.9 Å². The second kappa shape index (κ2) is 7.69. The van der Waals surface area contributed by atoms with Crippen molar-refractivity contribution in [3.05, 3.63) is 75.9 Å². The number of rotatable bonds is 5. The quantitative estimate of drug-likeness (QED) is 0.498. The van der Waals surface area contributed by atoms with Gasteiger partial charge in [0.05, 0.1) is 23.8 Å². The van der Waals surface area contributed by atoms with Gasteiger partial charge in [-0.2, -0.15) is 0 Å². The summed E-state index contributed by atoms with van der Waals surface area (Å²) < 4.78 is 5.35. The molecule has 2 aromatic heterocycles. The van der Waals surface area contributed by atoms with Gasteiger partial charge in [0, 0.05) is 67.4 Å². The standard InChI is InChI=1S/C20H19N5O3/c1-28-19-10-17(25(26)27)3-2-15(19)12-24-9-6-18-16(13-24)11-22-20(23-18)14-4-7-21-8-5-14/h2-5,7-8,10-11H,6,9,12-13H2,1H3. The van der Waals surface area contributed by atoms with Crippen LogP contribution in [-0.2, 0) is 19.5 Å². The monoisotopic (exact) mass is 377 g/mol. The maximum atomic E-state index is 11.0. The van der Waals surface area contributed by atoms with Gasteiger partial charge >= 0.3 is 0 Å². The Morgan fingerprint density at radius 2 is 2.07 bits per heavy atom. The van der Waals surface area contributed by atoms with Crippen LogP contribution in [0.2, 0.25) is 0 Å². The van der Waals surface area contributed by atoms with Crippen molar-refractivity contribution in [1.82, 2.24) is 19.9 Å². The first-order valence-corrected chi connectivity index (χ1v) is 8.93. The Morgan fingerprint density at radius 3 is 2.82 bits per heavy atom. The van der Waals surface area contributed by atoms with Gasteiger partial charge in [-0.25, -0.2) is 9.97 Å². The number of hydrogen-bond acceptors (Lipinski definition) is 7. The Balaban J connectivity index is 1.51. The molecule has 1 aliphatic heterocycles. The molecule has 28 heavy (non-hydrogen) atoms. The predicted molar refractivity (Wildman–Crippen MR) is 103 cm³/mol. The van der Waals surface area contributed by atoms with Gasteiger partial charge in [-0.1, -0.05) is 0 Å². The van der Waals surface area contributed by atoms with E-state index in [-0.39, 0.29) is 5.69 Å². The average molecular weight is 377 g/mol. The normalized spacial score (nSPS) is 13.8. The number of nitrogens with zero attached hydrogens (tertiary/aromatic N) is 5. The zero-order chi connectivity index (χ0) is 19.5. The summed E-state index contributed by atoms with van der Waals surface area (Å²) in [6.45, 7) is 2.22. The van der Waals surface area contributed by atoms with Crippen LogP contribution in [0.1, 0.15) is 16.8 Å². The Bertz CT molecular complexity index is 1010. The number of pyridine rings is 1. The molecule has 4 rings (SSSR count). The van der Waals surface area contributed by atoms with E-state index in [0.29, 0.717) is 18.1 Å². The Morgan fingerprint density at radius 1 is 1.25 bits per heavy atom. The van der Waals surface area contributed by atoms with E-state index >= 15 is 0 Å². The second-order valence-corrected chi connectivity index (χ2v) is 6.62. The third kappa shape index (κ3) is 3.67. The van der Waals surface area contributed by atoms with E-state index in [1.807, 2.05) is 18.3 Å². The number of nitro benzene ring substituents is 1. The molecule has 8 nitrogen and oxygen atoms in total. The molecule has 1 aromatic carbocycles. The minimum absolute atomic E-state index is 0.0293. The van der Waals surface area contributed by atoms with E-state index in [9.17, 15) is 10.1 Å². The highest BCUT2D eigenvalue weighted by Crippen LogP contribution is 2.28. The van der Waals surface area contributed by atoms with Crippen LogP contribution in [0, 0.1) is 10.1 Å². The molecule has 0 amide bonds. The average Bonchev–Trinajstić information content (AvgIpc) is 2.74. The summed E-state index contributed by atoms with van der Waals surface area (Å²) in [5.74, 6) is 1.25. The van der Waals surface area contributed by atoms with Gasteiger partial charge in [-0.05, 0) is 18.2 Å². The maximum Gasteiger partial charge on any atom is 0.273 e. The van der Waals surface area contributed by atoms with Gasteiger partial charge in [0.15, 0.2) is 5.82 Å². The fraction of sp³-hybridized carbons (Fsp3) is 0.250. The Kier molecular flexibility index (Phi) is 4.94. The molecule has 0 saturated carbocycles. The molecule has 0 unspecified atom stereocenters. The highest BCUT2D eigenvalue weighted by atomic mass is 16.6. The van der Waals surface area contributed by atoms with Crippen LogP contribution in [0.25, 0.3) is 11.4 Å². The van der Waals surface area contributed by atoms with Gasteiger partial charge in [0.25, 0.3) is 5.69 Å². The molecular weight excluding hydrogens is 358 g/mol. The summed E-state index contributed by atoms with van der Waals surface area (Å²) >= 11 is 0. The minimum Gasteiger partial charge on any atom is -0.496 e. The number of ether oxygens (including phenoxy) is 1. The fourth-order valence-corrected chi connectivity index (χ4v) is 3.37. The number of aromatic nitrogens is 3. The second-order valence-electron chi connectivity index (χ2n) is 6.62. The number of methoxy groups -OCH3 is 1. The van der Waals surface area contributed by atoms with E-state index in [4.69, 9.17) is 9.72 Å². The van der Waals surface area contributed by atoms with Crippen molar-refractivity contribution >= 4 is 5.69 Å². The van der Waals surface area contributed by atoms with Crippen LogP contribution in [-0.4, -0.2) is 38.4 Å². The van der Waals surface area contributed by atoms with E-state index in [2.05, 4.69) is 14.9 Å². The summed E-state index contributed by atoms with van der Waals surface area (Å²) in [6.07, 6.45) is 6.18. The first-order valence-electron chi connectivity index (χ1n) is 8.93. The number of fused-ring (bicyclic) bond motifs is 1. The van der Waals surface area contributed by atoms with Crippen molar-refractivity contribution in [1.29, 1.82) is 0 Å². The van der Waals surface area contributed by atoms with Crippen LogP contribution in [0.5, 0.6) is 5.75 Å². The van der Waals surface area contributed by atoms with Crippen LogP contribution in [0.4, 0.5) is 5.69 Å². The summed E-state index contributed by atoms with van der Waals surface area (Å²) in [7, 11) is 1.53. The Labute approximate surface area is 162 Å². The van der Waals surface area contributed by atoms with Crippen LogP contribution >= 0.6 is 0 Å². The van der Waals surface area contributed by atoms with E-state index in [1.54, 1.807) is 18.5 Å². The lowest BCUT2D eigenvalue weighted by Crippen LogP contribution is -2.31. The molecular formula is C20H19N5O3. The predicted octanol–water partition coefficient (Wildman–Crippen LogP) is 3.01. The molecule has 8 heteroatoms. The smallest absolute Gasteiger partial charge is 0.273 e. The molecule has 3 heterocycles. The summed E-state index contributed by atoms with van der Waals surface area (Å²) in [5, 5.41) is 11.0. The van der Waals surface area contributed by atoms with E-state index < -0.39 is 4.92 Å². The van der Waals surface area contributed by atoms with Crippen molar-refractivity contribution in [2.24, 2.45) is 0 Å². The molecule has 1 aliphatic rings. The summed E-state index contributed by atoms with van der Waals surface area (Å²) in [4.78, 5) is 26.1. The van der Waals surface area contributed by atoms with Gasteiger partial charge < -0.3 is 4.74 Å². The lowest BCUT2D eigenvalue weighted by atomic mass is 10.1. The number of non-ortho nitro benzene ring substituents is 1. The number of benzene rings is 1. The van der Waals surface area contributed by atoms with Gasteiger partial charge in [-0.15, -0.1) is 0 Å². The molecule has 0 aliphatic carbocycles. The van der Waals surface area contributed by atoms with Gasteiger partial charge in [-0.3, -0.25) is 20.0 Å². The first-order chi connectivity index (χ1) is 13.6. The minimum atomic E-state index is -0.416. The molecule has 0 atom stereocenters. The molecule has 3 aromatic rings. The molecule has 0 fully saturated rings. The van der Waals surface area contributed by atoms with Crippen molar-refractivity contribution < 1.29 is 9.66 Å². The molecule has 0 N–H and O–H groups in total. The topological polar surface area (TPSA) is 94.3 Å². The SMILES string of the molecule is COc1cc([N+](=O)[O-])ccc1CN1CCc2nc(-c3ccncc3)ncc2C1. The highest BCUT2D eigenvalue weighted by molar-refractivity contribution is 5.54. The zero-order valence-electron chi connectivity index (χ0n) is 15.4. The maximum absolute atomic E-state index is 11.0. The summed E-state index contributed by atoms with van der Waals surface area (Å²) in [6, 6.07) is 8.54. The largest absolute Gasteiger partial charge is 0.496 e. The highest BCUT2D eigenvalue weighted by Gasteiger charge is 2.21. The lowest BCUT2D eigenvalue weighted by Gasteiger charge is -2.28. The van der Waals surface area contributed by atoms with Crippen molar-refractivity contribution in [3.63, 3.8) is 0 Å². The summed E-state index contributed by atoms with van der Waals surface area (Å²) in [5.41, 5.74) is 4.07. The molecule has 0 saturated heterocycles. The van der Waals surface area contributed by atoms with Gasteiger partial charge in [0.2, 0.25) is 0 Å². The third-order valence-corrected chi connectivity index (χ3v) is 4.83. The first kappa shape index (κ1) is 18.0. The van der Waals surface area contributed by atoms with E-state index in [0.717, 1.165) is 41.9 Å². The Hall–Kier alpha value is -3.39. The van der Waals surface area contributed by atoms with Crippen LogP contribution in [0.3, 0.4) is 0 Å². The molecule has 0 spiro atoms. The zero-order valence-corrected chi connectivity index (χ0v) is 15.4. The van der Waals surface area contributed by atoms with Gasteiger partial charge in [0.1, 0.15) is 5.75 Å². The molecule has 0 radical (unpaired) electrons. The molecule has 142 valence electrons. The van der Waals surface area contributed by atoms with E-state index in [1.165, 1.54) is 19.2 Å². The van der Waals surface area contributed by atoms with Crippen molar-refractivity contribution in [2.75, 3.05) is 13.7 Å². The molecule has 0 bridgehead atoms.